The fraction of sp³-hybridized carbons (Fsp3) is 0.833. The Labute approximate surface area is 55.4 Å². The lowest BCUT2D eigenvalue weighted by Gasteiger charge is -1.93. The van der Waals surface area contributed by atoms with Crippen LogP contribution in [0.2, 0.25) is 0 Å². The molecule has 0 aromatic heterocycles. The first-order chi connectivity index (χ1) is 4.27. The number of unbranched alkanes of at least 4 members (excludes halogenated alkanes) is 2. The van der Waals surface area contributed by atoms with Crippen LogP contribution in [0.15, 0.2) is 0 Å². The lowest BCUT2D eigenvalue weighted by Crippen LogP contribution is -2.00. The Balaban J connectivity index is 2.83. The number of hydrogen-bond donors (Lipinski definition) is 1. The van der Waals surface area contributed by atoms with Crippen LogP contribution in [0.5, 0.6) is 0 Å². The summed E-state index contributed by atoms with van der Waals surface area (Å²) in [6.07, 6.45) is 3.15. The number of rotatable bonds is 5. The van der Waals surface area contributed by atoms with Gasteiger partial charge in [-0.3, -0.25) is 10.5 Å². The summed E-state index contributed by atoms with van der Waals surface area (Å²) in [4.78, 5) is 10.0. The zero-order chi connectivity index (χ0) is 7.11. The molecule has 0 aromatic rings. The van der Waals surface area contributed by atoms with Crippen molar-refractivity contribution in [2.75, 3.05) is 6.54 Å². The summed E-state index contributed by atoms with van der Waals surface area (Å²) >= 11 is 0. The zero-order valence-corrected chi connectivity index (χ0v) is 5.52. The molecule has 0 saturated carbocycles. The van der Waals surface area contributed by atoms with Gasteiger partial charge in [0.05, 0.1) is 0 Å². The minimum atomic E-state index is -0.466. The van der Waals surface area contributed by atoms with Gasteiger partial charge in [0, 0.05) is 6.42 Å². The second-order valence-electron chi connectivity index (χ2n) is 2.02. The third kappa shape index (κ3) is 7.43. The van der Waals surface area contributed by atoms with E-state index in [9.17, 15) is 4.79 Å². The maximum absolute atomic E-state index is 10.0. The van der Waals surface area contributed by atoms with Gasteiger partial charge in [-0.2, -0.15) is 0 Å². The van der Waals surface area contributed by atoms with E-state index in [1.165, 1.54) is 0 Å². The van der Waals surface area contributed by atoms with Crippen molar-refractivity contribution in [2.45, 2.75) is 25.7 Å². The summed E-state index contributed by atoms with van der Waals surface area (Å²) in [5, 5.41) is 0. The predicted molar refractivity (Wildman–Crippen MR) is 35.6 cm³/mol. The van der Waals surface area contributed by atoms with E-state index < -0.39 is 5.91 Å². The van der Waals surface area contributed by atoms with E-state index in [2.05, 4.69) is 0 Å². The Bertz CT molecular complexity index is 83.1. The Morgan fingerprint density at radius 1 is 1.33 bits per heavy atom. The van der Waals surface area contributed by atoms with Crippen LogP contribution in [0.1, 0.15) is 25.7 Å². The average Bonchev–Trinajstić information content (AvgIpc) is 1.80. The number of nitrogens with two attached hydrogens (primary N) is 1. The summed E-state index contributed by atoms with van der Waals surface area (Å²) in [5.41, 5.74) is 11.8. The molecule has 3 heteroatoms. The lowest BCUT2D eigenvalue weighted by molar-refractivity contribution is -0.118. The van der Waals surface area contributed by atoms with E-state index in [0.717, 1.165) is 19.3 Å². The Hall–Kier alpha value is -0.570. The van der Waals surface area contributed by atoms with Gasteiger partial charge in [-0.05, 0) is 19.4 Å². The Kier molecular flexibility index (Phi) is 5.21. The molecule has 3 N–H and O–H groups in total. The molecular weight excluding hydrogens is 116 g/mol. The van der Waals surface area contributed by atoms with Crippen LogP contribution >= 0.6 is 0 Å². The Morgan fingerprint density at radius 2 is 2.00 bits per heavy atom. The molecule has 9 heavy (non-hydrogen) atoms. The van der Waals surface area contributed by atoms with Crippen molar-refractivity contribution < 1.29 is 4.79 Å². The number of amides is 1. The Morgan fingerprint density at radius 3 is 2.44 bits per heavy atom. The van der Waals surface area contributed by atoms with Crippen LogP contribution in [0.4, 0.5) is 0 Å². The molecule has 0 rings (SSSR count). The van der Waals surface area contributed by atoms with Crippen molar-refractivity contribution in [3.05, 3.63) is 0 Å². The maximum atomic E-state index is 10.0. The van der Waals surface area contributed by atoms with Crippen LogP contribution in [0.3, 0.4) is 0 Å². The molecule has 53 valence electrons. The summed E-state index contributed by atoms with van der Waals surface area (Å²) in [6.45, 7) is 0.687. The molecule has 0 spiro atoms. The molecular formula is C6H13N2O. The minimum Gasteiger partial charge on any atom is -0.330 e. The van der Waals surface area contributed by atoms with Crippen LogP contribution in [0, 0.1) is 0 Å². The molecule has 1 radical (unpaired) electrons. The fourth-order valence-electron chi connectivity index (χ4n) is 0.607. The van der Waals surface area contributed by atoms with Crippen molar-refractivity contribution in [1.82, 2.24) is 5.73 Å². The van der Waals surface area contributed by atoms with E-state index in [4.69, 9.17) is 11.5 Å². The van der Waals surface area contributed by atoms with Gasteiger partial charge >= 0.3 is 0 Å². The second-order valence-corrected chi connectivity index (χ2v) is 2.02. The zero-order valence-electron chi connectivity index (χ0n) is 5.52. The standard InChI is InChI=1S/C6H13N2O/c7-5-3-1-2-4-6(8)9/h8H,1-5,7H2. The highest BCUT2D eigenvalue weighted by atomic mass is 16.1. The second kappa shape index (κ2) is 5.56. The molecule has 0 unspecified atom stereocenters. The van der Waals surface area contributed by atoms with Gasteiger partial charge in [0.2, 0.25) is 5.91 Å². The maximum Gasteiger partial charge on any atom is 0.238 e. The third-order valence-electron chi connectivity index (χ3n) is 1.11. The van der Waals surface area contributed by atoms with Gasteiger partial charge in [-0.1, -0.05) is 6.42 Å². The first-order valence-electron chi connectivity index (χ1n) is 3.22. The predicted octanol–water partition coefficient (Wildman–Crippen LogP) is 0.315. The molecule has 3 nitrogen and oxygen atoms in total. The topological polar surface area (TPSA) is 66.9 Å². The van der Waals surface area contributed by atoms with E-state index in [1.54, 1.807) is 0 Å². The number of carbonyl (C=O) groups excluding carboxylic acids is 1. The molecule has 0 aliphatic rings. The highest BCUT2D eigenvalue weighted by molar-refractivity contribution is 5.72. The molecule has 0 aliphatic carbocycles. The minimum absolute atomic E-state index is 0.389. The molecule has 1 amide bonds. The van der Waals surface area contributed by atoms with Crippen molar-refractivity contribution in [3.8, 4) is 0 Å². The summed E-state index contributed by atoms with van der Waals surface area (Å²) in [5.74, 6) is -0.466. The molecule has 0 fully saturated rings. The van der Waals surface area contributed by atoms with Gasteiger partial charge in [0.25, 0.3) is 0 Å². The highest BCUT2D eigenvalue weighted by Crippen LogP contribution is 1.96. The molecule has 0 heterocycles. The third-order valence-corrected chi connectivity index (χ3v) is 1.11. The molecule has 0 saturated heterocycles. The van der Waals surface area contributed by atoms with Crippen LogP contribution < -0.4 is 11.5 Å². The number of hydrogen-bond acceptors (Lipinski definition) is 2. The van der Waals surface area contributed by atoms with E-state index >= 15 is 0 Å². The average molecular weight is 129 g/mol. The van der Waals surface area contributed by atoms with Gasteiger partial charge in [-0.25, -0.2) is 0 Å². The molecule has 0 aliphatic heterocycles. The van der Waals surface area contributed by atoms with Crippen molar-refractivity contribution in [2.24, 2.45) is 5.73 Å². The van der Waals surface area contributed by atoms with Crippen LogP contribution in [0.25, 0.3) is 0 Å². The van der Waals surface area contributed by atoms with E-state index in [0.29, 0.717) is 13.0 Å². The van der Waals surface area contributed by atoms with Crippen molar-refractivity contribution in [3.63, 3.8) is 0 Å². The number of nitrogens with one attached hydrogen (secondary N) is 1. The highest BCUT2D eigenvalue weighted by Gasteiger charge is 1.92. The van der Waals surface area contributed by atoms with Gasteiger partial charge < -0.3 is 5.73 Å². The van der Waals surface area contributed by atoms with E-state index in [1.807, 2.05) is 0 Å². The first-order valence-corrected chi connectivity index (χ1v) is 3.22. The SMILES string of the molecule is [NH]C(=O)CCCCCN. The van der Waals surface area contributed by atoms with E-state index in [-0.39, 0.29) is 0 Å². The molecule has 0 bridgehead atoms. The smallest absolute Gasteiger partial charge is 0.238 e. The van der Waals surface area contributed by atoms with Crippen LogP contribution in [-0.2, 0) is 4.79 Å². The quantitative estimate of drug-likeness (QED) is 0.543. The fourth-order valence-corrected chi connectivity index (χ4v) is 0.607. The summed E-state index contributed by atoms with van der Waals surface area (Å²) < 4.78 is 0. The first kappa shape index (κ1) is 8.43. The molecule has 0 aromatic carbocycles. The van der Waals surface area contributed by atoms with Gasteiger partial charge in [0.1, 0.15) is 0 Å². The van der Waals surface area contributed by atoms with Gasteiger partial charge in [-0.15, -0.1) is 0 Å². The van der Waals surface area contributed by atoms with Crippen LogP contribution in [-0.4, -0.2) is 12.5 Å². The monoisotopic (exact) mass is 129 g/mol. The molecule has 0 atom stereocenters. The number of carbonyl (C=O) groups is 1. The normalized spacial score (nSPS) is 9.44. The summed E-state index contributed by atoms with van der Waals surface area (Å²) in [6, 6.07) is 0. The van der Waals surface area contributed by atoms with Gasteiger partial charge in [0.15, 0.2) is 0 Å². The van der Waals surface area contributed by atoms with Crippen molar-refractivity contribution >= 4 is 5.91 Å². The lowest BCUT2D eigenvalue weighted by atomic mass is 10.2. The van der Waals surface area contributed by atoms with Crippen molar-refractivity contribution in [1.29, 1.82) is 0 Å². The summed E-state index contributed by atoms with van der Waals surface area (Å²) in [7, 11) is 0. The largest absolute Gasteiger partial charge is 0.330 e.